The van der Waals surface area contributed by atoms with Crippen LogP contribution in [0.4, 0.5) is 0 Å². The van der Waals surface area contributed by atoms with Crippen LogP contribution in [0.1, 0.15) is 11.4 Å². The van der Waals surface area contributed by atoms with Crippen LogP contribution in [-0.4, -0.2) is 47.8 Å². The number of aliphatic carboxylic acids is 1. The van der Waals surface area contributed by atoms with Gasteiger partial charge < -0.3 is 10.4 Å². The third-order valence-electron chi connectivity index (χ3n) is 3.88. The number of carbonyl (C=O) groups excluding carboxylic acids is 1. The smallest absolute Gasteiger partial charge is 0.328 e. The van der Waals surface area contributed by atoms with Gasteiger partial charge in [-0.25, -0.2) is 9.48 Å². The quantitative estimate of drug-likeness (QED) is 0.641. The molecule has 0 bridgehead atoms. The highest BCUT2D eigenvalue weighted by Crippen LogP contribution is 2.12. The lowest BCUT2D eigenvalue weighted by molar-refractivity contribution is -0.142. The molecule has 1 amide bonds. The van der Waals surface area contributed by atoms with Crippen molar-refractivity contribution in [3.63, 3.8) is 0 Å². The topological polar surface area (TPSA) is 115 Å². The first-order chi connectivity index (χ1) is 12.5. The first-order valence-electron chi connectivity index (χ1n) is 8.01. The van der Waals surface area contributed by atoms with Gasteiger partial charge in [-0.15, -0.1) is 5.10 Å². The van der Waals surface area contributed by atoms with Gasteiger partial charge in [-0.3, -0.25) is 9.48 Å². The summed E-state index contributed by atoms with van der Waals surface area (Å²) < 4.78 is 3.09. The zero-order chi connectivity index (χ0) is 18.5. The first kappa shape index (κ1) is 17.3. The molecule has 0 saturated heterocycles. The SMILES string of the molecule is Cc1c(CC(=O)NC(Cn2cccn2)C(=O)O)nnn1-c1ccccc1. The Bertz CT molecular complexity index is 889. The van der Waals surface area contributed by atoms with E-state index in [4.69, 9.17) is 0 Å². The predicted molar refractivity (Wildman–Crippen MR) is 91.6 cm³/mol. The molecule has 0 spiro atoms. The van der Waals surface area contributed by atoms with Crippen LogP contribution in [0.3, 0.4) is 0 Å². The van der Waals surface area contributed by atoms with E-state index in [-0.39, 0.29) is 13.0 Å². The van der Waals surface area contributed by atoms with E-state index in [0.717, 1.165) is 11.4 Å². The van der Waals surface area contributed by atoms with Crippen molar-refractivity contribution in [1.82, 2.24) is 30.1 Å². The molecule has 1 unspecified atom stereocenters. The van der Waals surface area contributed by atoms with Gasteiger partial charge in [0.1, 0.15) is 6.04 Å². The Labute approximate surface area is 149 Å². The van der Waals surface area contributed by atoms with E-state index in [0.29, 0.717) is 5.69 Å². The molecular weight excluding hydrogens is 336 g/mol. The van der Waals surface area contributed by atoms with E-state index in [1.165, 1.54) is 4.68 Å². The van der Waals surface area contributed by atoms with Gasteiger partial charge in [-0.1, -0.05) is 23.4 Å². The molecule has 1 atom stereocenters. The number of nitrogens with one attached hydrogen (secondary N) is 1. The largest absolute Gasteiger partial charge is 0.480 e. The lowest BCUT2D eigenvalue weighted by Crippen LogP contribution is -2.44. The van der Waals surface area contributed by atoms with E-state index < -0.39 is 17.9 Å². The van der Waals surface area contributed by atoms with Crippen LogP contribution in [0.15, 0.2) is 48.8 Å². The van der Waals surface area contributed by atoms with Crippen molar-refractivity contribution in [2.75, 3.05) is 0 Å². The molecule has 9 heteroatoms. The van der Waals surface area contributed by atoms with Crippen LogP contribution >= 0.6 is 0 Å². The highest BCUT2D eigenvalue weighted by molar-refractivity contribution is 5.84. The van der Waals surface area contributed by atoms with Crippen LogP contribution in [0.5, 0.6) is 0 Å². The maximum Gasteiger partial charge on any atom is 0.328 e. The number of nitrogens with zero attached hydrogens (tertiary/aromatic N) is 5. The van der Waals surface area contributed by atoms with Crippen LogP contribution < -0.4 is 5.32 Å². The number of carboxylic acids is 1. The van der Waals surface area contributed by atoms with Crippen LogP contribution in [-0.2, 0) is 22.6 Å². The summed E-state index contributed by atoms with van der Waals surface area (Å²) in [5.41, 5.74) is 2.06. The zero-order valence-electron chi connectivity index (χ0n) is 14.1. The number of carboxylic acid groups (broad SMARTS) is 1. The molecule has 0 saturated carbocycles. The molecule has 3 aromatic rings. The maximum atomic E-state index is 12.3. The molecule has 0 fully saturated rings. The van der Waals surface area contributed by atoms with Gasteiger partial charge >= 0.3 is 5.97 Å². The summed E-state index contributed by atoms with van der Waals surface area (Å²) in [6.45, 7) is 1.86. The molecule has 2 N–H and O–H groups in total. The highest BCUT2D eigenvalue weighted by Gasteiger charge is 2.22. The molecule has 0 aliphatic carbocycles. The molecule has 2 aromatic heterocycles. The van der Waals surface area contributed by atoms with Crippen molar-refractivity contribution in [3.05, 3.63) is 60.2 Å². The summed E-state index contributed by atoms with van der Waals surface area (Å²) in [4.78, 5) is 23.7. The second-order valence-electron chi connectivity index (χ2n) is 5.73. The monoisotopic (exact) mass is 354 g/mol. The van der Waals surface area contributed by atoms with E-state index in [9.17, 15) is 14.7 Å². The van der Waals surface area contributed by atoms with E-state index in [1.54, 1.807) is 23.1 Å². The number of para-hydroxylation sites is 1. The Morgan fingerprint density at radius 3 is 2.65 bits per heavy atom. The fourth-order valence-electron chi connectivity index (χ4n) is 2.52. The fourth-order valence-corrected chi connectivity index (χ4v) is 2.52. The number of benzene rings is 1. The van der Waals surface area contributed by atoms with Crippen molar-refractivity contribution in [2.24, 2.45) is 0 Å². The second-order valence-corrected chi connectivity index (χ2v) is 5.73. The minimum Gasteiger partial charge on any atom is -0.480 e. The molecule has 1 aromatic carbocycles. The van der Waals surface area contributed by atoms with Gasteiger partial charge in [0.25, 0.3) is 0 Å². The van der Waals surface area contributed by atoms with E-state index in [2.05, 4.69) is 20.7 Å². The van der Waals surface area contributed by atoms with E-state index >= 15 is 0 Å². The molecular formula is C17H18N6O3. The van der Waals surface area contributed by atoms with Gasteiger partial charge in [0, 0.05) is 12.4 Å². The Balaban J connectivity index is 1.68. The summed E-state index contributed by atoms with van der Waals surface area (Å²) in [7, 11) is 0. The lowest BCUT2D eigenvalue weighted by atomic mass is 10.2. The highest BCUT2D eigenvalue weighted by atomic mass is 16.4. The van der Waals surface area contributed by atoms with Crippen molar-refractivity contribution >= 4 is 11.9 Å². The molecule has 9 nitrogen and oxygen atoms in total. The molecule has 0 radical (unpaired) electrons. The third-order valence-corrected chi connectivity index (χ3v) is 3.88. The maximum absolute atomic E-state index is 12.3. The third kappa shape index (κ3) is 3.94. The fraction of sp³-hybridized carbons (Fsp3) is 0.235. The average Bonchev–Trinajstić information content (AvgIpc) is 3.26. The number of aromatic nitrogens is 5. The summed E-state index contributed by atoms with van der Waals surface area (Å²) >= 11 is 0. The summed E-state index contributed by atoms with van der Waals surface area (Å²) in [6, 6.07) is 10.0. The second kappa shape index (κ2) is 7.60. The first-order valence-corrected chi connectivity index (χ1v) is 8.01. The predicted octanol–water partition coefficient (Wildman–Crippen LogP) is 0.584. The minimum absolute atomic E-state index is 0.0454. The average molecular weight is 354 g/mol. The molecule has 0 aliphatic heterocycles. The lowest BCUT2D eigenvalue weighted by Gasteiger charge is -2.14. The molecule has 134 valence electrons. The summed E-state index contributed by atoms with van der Waals surface area (Å²) in [5, 5.41) is 23.9. The standard InChI is InChI=1S/C17H18N6O3/c1-12-14(20-21-23(12)13-6-3-2-4-7-13)10-16(24)19-15(17(25)26)11-22-9-5-8-18-22/h2-9,15H,10-11H2,1H3,(H,19,24)(H,25,26). The van der Waals surface area contributed by atoms with Gasteiger partial charge in [0.15, 0.2) is 0 Å². The normalized spacial score (nSPS) is 11.9. The molecule has 3 rings (SSSR count). The van der Waals surface area contributed by atoms with Gasteiger partial charge in [0.05, 0.1) is 30.0 Å². The Morgan fingerprint density at radius 1 is 1.23 bits per heavy atom. The summed E-state index contributed by atoms with van der Waals surface area (Å²) in [5.74, 6) is -1.56. The number of hydrogen-bond donors (Lipinski definition) is 2. The summed E-state index contributed by atoms with van der Waals surface area (Å²) in [6.07, 6.45) is 3.13. The minimum atomic E-state index is -1.13. The van der Waals surface area contributed by atoms with Crippen molar-refractivity contribution in [3.8, 4) is 5.69 Å². The van der Waals surface area contributed by atoms with Crippen molar-refractivity contribution < 1.29 is 14.7 Å². The van der Waals surface area contributed by atoms with Crippen LogP contribution in [0.2, 0.25) is 0 Å². The van der Waals surface area contributed by atoms with Gasteiger partial charge in [-0.05, 0) is 25.1 Å². The zero-order valence-corrected chi connectivity index (χ0v) is 14.1. The molecule has 2 heterocycles. The Hall–Kier alpha value is -3.49. The van der Waals surface area contributed by atoms with Crippen molar-refractivity contribution in [1.29, 1.82) is 0 Å². The molecule has 0 aliphatic rings. The number of hydrogen-bond acceptors (Lipinski definition) is 5. The van der Waals surface area contributed by atoms with Crippen molar-refractivity contribution in [2.45, 2.75) is 25.9 Å². The van der Waals surface area contributed by atoms with Gasteiger partial charge in [-0.2, -0.15) is 5.10 Å². The molecule has 26 heavy (non-hydrogen) atoms. The van der Waals surface area contributed by atoms with Gasteiger partial charge in [0.2, 0.25) is 5.91 Å². The Kier molecular flexibility index (Phi) is 5.07. The number of carbonyl (C=O) groups is 2. The van der Waals surface area contributed by atoms with E-state index in [1.807, 2.05) is 37.3 Å². The number of amides is 1. The number of rotatable bonds is 7. The Morgan fingerprint density at radius 2 is 2.00 bits per heavy atom. The van der Waals surface area contributed by atoms with Crippen LogP contribution in [0, 0.1) is 6.92 Å². The van der Waals surface area contributed by atoms with Crippen LogP contribution in [0.25, 0.3) is 5.69 Å².